The first kappa shape index (κ1) is 19.3. The summed E-state index contributed by atoms with van der Waals surface area (Å²) in [4.78, 5) is 17.2. The van der Waals surface area contributed by atoms with Gasteiger partial charge in [0.25, 0.3) is 0 Å². The molecule has 1 amide bonds. The number of nitrogens with one attached hydrogen (secondary N) is 1. The second kappa shape index (κ2) is 9.01. The number of rotatable bonds is 8. The maximum absolute atomic E-state index is 12.4. The van der Waals surface area contributed by atoms with Crippen molar-refractivity contribution in [3.63, 3.8) is 0 Å². The zero-order chi connectivity index (χ0) is 20.1. The third-order valence-corrected chi connectivity index (χ3v) is 5.74. The van der Waals surface area contributed by atoms with E-state index in [0.29, 0.717) is 5.75 Å². The quantitative estimate of drug-likeness (QED) is 0.426. The summed E-state index contributed by atoms with van der Waals surface area (Å²) < 4.78 is 7.56. The molecule has 0 radical (unpaired) electrons. The normalized spacial score (nSPS) is 12.2. The molecule has 1 N–H and O–H groups in total. The summed E-state index contributed by atoms with van der Waals surface area (Å²) in [6.07, 6.45) is 2.53. The molecule has 2 aromatic heterocycles. The zero-order valence-electron chi connectivity index (χ0n) is 16.2. The number of aromatic nitrogens is 2. The molecule has 1 atom stereocenters. The minimum absolute atomic E-state index is 0.0411. The molecule has 0 aliphatic heterocycles. The summed E-state index contributed by atoms with van der Waals surface area (Å²) in [7, 11) is 0. The number of nitrogens with zero attached hydrogens (tertiary/aromatic N) is 2. The zero-order valence-corrected chi connectivity index (χ0v) is 17.1. The van der Waals surface area contributed by atoms with Crippen LogP contribution in [0.2, 0.25) is 0 Å². The topological polar surface area (TPSA) is 60.1 Å². The fraction of sp³-hybridized carbons (Fsp3) is 0.217. The Hall–Kier alpha value is -2.99. The summed E-state index contributed by atoms with van der Waals surface area (Å²) in [6.45, 7) is 2.73. The van der Waals surface area contributed by atoms with Gasteiger partial charge in [0.05, 0.1) is 29.1 Å². The van der Waals surface area contributed by atoms with Crippen LogP contribution in [0.5, 0.6) is 0 Å². The van der Waals surface area contributed by atoms with Crippen molar-refractivity contribution in [1.29, 1.82) is 0 Å². The average Bonchev–Trinajstić information content (AvgIpc) is 3.40. The Morgan fingerprint density at radius 1 is 1.10 bits per heavy atom. The summed E-state index contributed by atoms with van der Waals surface area (Å²) >= 11 is 1.46. The van der Waals surface area contributed by atoms with E-state index in [1.165, 1.54) is 17.3 Å². The summed E-state index contributed by atoms with van der Waals surface area (Å²) in [5.74, 6) is 1.01. The van der Waals surface area contributed by atoms with Crippen LogP contribution in [0.1, 0.15) is 24.3 Å². The van der Waals surface area contributed by atoms with E-state index in [0.717, 1.165) is 34.9 Å². The van der Waals surface area contributed by atoms with Gasteiger partial charge in [-0.3, -0.25) is 4.79 Å². The minimum Gasteiger partial charge on any atom is -0.467 e. The van der Waals surface area contributed by atoms with Gasteiger partial charge in [0.2, 0.25) is 5.91 Å². The first-order valence-corrected chi connectivity index (χ1v) is 10.6. The van der Waals surface area contributed by atoms with E-state index in [4.69, 9.17) is 9.40 Å². The maximum atomic E-state index is 12.4. The van der Waals surface area contributed by atoms with Crippen LogP contribution >= 0.6 is 11.8 Å². The van der Waals surface area contributed by atoms with Crippen molar-refractivity contribution in [1.82, 2.24) is 14.9 Å². The number of hydrogen-bond donors (Lipinski definition) is 1. The molecule has 5 nitrogen and oxygen atoms in total. The molecule has 0 aliphatic rings. The van der Waals surface area contributed by atoms with Crippen molar-refractivity contribution < 1.29 is 9.21 Å². The van der Waals surface area contributed by atoms with Gasteiger partial charge in [-0.2, -0.15) is 0 Å². The number of thioether (sulfide) groups is 1. The number of imidazole rings is 1. The number of furan rings is 1. The molecule has 0 bridgehead atoms. The van der Waals surface area contributed by atoms with Crippen LogP contribution < -0.4 is 5.32 Å². The van der Waals surface area contributed by atoms with E-state index < -0.39 is 0 Å². The van der Waals surface area contributed by atoms with E-state index >= 15 is 0 Å². The lowest BCUT2D eigenvalue weighted by Crippen LogP contribution is -2.28. The lowest BCUT2D eigenvalue weighted by Gasteiger charge is -2.12. The van der Waals surface area contributed by atoms with Gasteiger partial charge in [0, 0.05) is 6.54 Å². The minimum atomic E-state index is -0.157. The fourth-order valence-corrected chi connectivity index (χ4v) is 4.14. The molecule has 0 saturated carbocycles. The van der Waals surface area contributed by atoms with Gasteiger partial charge in [-0.15, -0.1) is 0 Å². The Morgan fingerprint density at radius 3 is 2.69 bits per heavy atom. The molecule has 2 heterocycles. The molecule has 6 heteroatoms. The van der Waals surface area contributed by atoms with Crippen molar-refractivity contribution in [3.8, 4) is 0 Å². The van der Waals surface area contributed by atoms with Gasteiger partial charge in [-0.05, 0) is 43.2 Å². The molecule has 0 saturated heterocycles. The maximum Gasteiger partial charge on any atom is 0.231 e. The molecule has 29 heavy (non-hydrogen) atoms. The lowest BCUT2D eigenvalue weighted by molar-refractivity contribution is -0.119. The number of amides is 1. The monoisotopic (exact) mass is 405 g/mol. The Balaban J connectivity index is 1.45. The molecule has 0 fully saturated rings. The standard InChI is InChI=1S/C23H23N3O2S/c1-17(21-12-7-15-28-21)24-22(27)16-29-23-25-19-10-5-6-11-20(19)26(23)14-13-18-8-3-2-4-9-18/h2-12,15,17H,13-14,16H2,1H3,(H,24,27). The number of hydrogen-bond acceptors (Lipinski definition) is 4. The largest absolute Gasteiger partial charge is 0.467 e. The molecule has 148 valence electrons. The first-order valence-electron chi connectivity index (χ1n) is 9.65. The Kier molecular flexibility index (Phi) is 6.00. The third-order valence-electron chi connectivity index (χ3n) is 4.77. The van der Waals surface area contributed by atoms with Crippen molar-refractivity contribution in [2.24, 2.45) is 0 Å². The lowest BCUT2D eigenvalue weighted by atomic mass is 10.1. The van der Waals surface area contributed by atoms with E-state index in [1.54, 1.807) is 6.26 Å². The second-order valence-corrected chi connectivity index (χ2v) is 7.81. The highest BCUT2D eigenvalue weighted by Gasteiger charge is 2.15. The van der Waals surface area contributed by atoms with Crippen molar-refractivity contribution in [2.75, 3.05) is 5.75 Å². The molecule has 2 aromatic carbocycles. The van der Waals surface area contributed by atoms with E-state index in [-0.39, 0.29) is 11.9 Å². The van der Waals surface area contributed by atoms with Crippen molar-refractivity contribution in [2.45, 2.75) is 31.1 Å². The van der Waals surface area contributed by atoms with Gasteiger partial charge >= 0.3 is 0 Å². The van der Waals surface area contributed by atoms with Crippen LogP contribution in [0.4, 0.5) is 0 Å². The van der Waals surface area contributed by atoms with Crippen LogP contribution in [0.3, 0.4) is 0 Å². The number of aryl methyl sites for hydroxylation is 2. The summed E-state index contributed by atoms with van der Waals surface area (Å²) in [5.41, 5.74) is 3.33. The number of carbonyl (C=O) groups is 1. The highest BCUT2D eigenvalue weighted by molar-refractivity contribution is 7.99. The molecule has 4 aromatic rings. The van der Waals surface area contributed by atoms with Crippen molar-refractivity contribution >= 4 is 28.7 Å². The van der Waals surface area contributed by atoms with Crippen LogP contribution in [0.15, 0.2) is 82.6 Å². The third kappa shape index (κ3) is 4.71. The predicted molar refractivity (Wildman–Crippen MR) is 116 cm³/mol. The molecule has 0 spiro atoms. The number of benzene rings is 2. The van der Waals surface area contributed by atoms with E-state index in [1.807, 2.05) is 43.3 Å². The molecular weight excluding hydrogens is 382 g/mol. The van der Waals surface area contributed by atoms with E-state index in [2.05, 4.69) is 40.2 Å². The fourth-order valence-electron chi connectivity index (χ4n) is 3.29. The van der Waals surface area contributed by atoms with Crippen LogP contribution in [0, 0.1) is 0 Å². The molecule has 0 aliphatic carbocycles. The van der Waals surface area contributed by atoms with Gasteiger partial charge in [-0.25, -0.2) is 4.98 Å². The van der Waals surface area contributed by atoms with Crippen LogP contribution in [-0.4, -0.2) is 21.2 Å². The first-order chi connectivity index (χ1) is 14.2. The second-order valence-electron chi connectivity index (χ2n) is 6.86. The SMILES string of the molecule is CC(NC(=O)CSc1nc2ccccc2n1CCc1ccccc1)c1ccco1. The molecule has 4 rings (SSSR count). The highest BCUT2D eigenvalue weighted by Crippen LogP contribution is 2.25. The smallest absolute Gasteiger partial charge is 0.231 e. The van der Waals surface area contributed by atoms with Crippen LogP contribution in [0.25, 0.3) is 11.0 Å². The number of para-hydroxylation sites is 2. The Bertz CT molecular complexity index is 1070. The van der Waals surface area contributed by atoms with Gasteiger partial charge in [-0.1, -0.05) is 54.2 Å². The van der Waals surface area contributed by atoms with Gasteiger partial charge in [0.15, 0.2) is 5.16 Å². The molecular formula is C23H23N3O2S. The summed E-state index contributed by atoms with van der Waals surface area (Å²) in [6, 6.07) is 22.0. The molecule has 1 unspecified atom stereocenters. The Morgan fingerprint density at radius 2 is 1.90 bits per heavy atom. The van der Waals surface area contributed by atoms with E-state index in [9.17, 15) is 4.79 Å². The number of carbonyl (C=O) groups excluding carboxylic acids is 1. The van der Waals surface area contributed by atoms with Crippen LogP contribution in [-0.2, 0) is 17.8 Å². The average molecular weight is 406 g/mol. The van der Waals surface area contributed by atoms with Gasteiger partial charge in [0.1, 0.15) is 5.76 Å². The van der Waals surface area contributed by atoms with Gasteiger partial charge < -0.3 is 14.3 Å². The highest BCUT2D eigenvalue weighted by atomic mass is 32.2. The van der Waals surface area contributed by atoms with Crippen molar-refractivity contribution in [3.05, 3.63) is 84.3 Å². The Labute approximate surface area is 174 Å². The predicted octanol–water partition coefficient (Wildman–Crippen LogP) is 4.84. The number of fused-ring (bicyclic) bond motifs is 1. The summed E-state index contributed by atoms with van der Waals surface area (Å²) in [5, 5.41) is 3.84.